The molecule has 2 aromatic rings. The first-order valence-corrected chi connectivity index (χ1v) is 6.86. The second-order valence-electron chi connectivity index (χ2n) is 4.73. The number of thiocarbonyl (C=S) groups is 1. The fourth-order valence-corrected chi connectivity index (χ4v) is 2.02. The minimum Gasteiger partial charge on any atom is -0.389 e. The highest BCUT2D eigenvalue weighted by atomic mass is 32.1. The predicted octanol–water partition coefficient (Wildman–Crippen LogP) is 1.66. The molecule has 108 valence electrons. The lowest BCUT2D eigenvalue weighted by molar-refractivity contribution is 0.0949. The number of hydrogen-bond donors (Lipinski definition) is 2. The topological polar surface area (TPSA) is 80.9 Å². The molecule has 3 N–H and O–H groups in total. The lowest BCUT2D eigenvalue weighted by atomic mass is 10.1. The van der Waals surface area contributed by atoms with E-state index in [1.54, 1.807) is 19.9 Å². The van der Waals surface area contributed by atoms with Crippen molar-refractivity contribution in [2.45, 2.75) is 20.4 Å². The minimum absolute atomic E-state index is 0.175. The zero-order valence-electron chi connectivity index (χ0n) is 11.9. The van der Waals surface area contributed by atoms with Crippen LogP contribution >= 0.6 is 12.2 Å². The van der Waals surface area contributed by atoms with Gasteiger partial charge >= 0.3 is 0 Å². The third kappa shape index (κ3) is 3.82. The van der Waals surface area contributed by atoms with Crippen LogP contribution in [0.25, 0.3) is 0 Å². The molecule has 0 fully saturated rings. The molecule has 0 spiro atoms. The van der Waals surface area contributed by atoms with Gasteiger partial charge in [0.15, 0.2) is 0 Å². The Morgan fingerprint density at radius 2 is 2.05 bits per heavy atom. The smallest absolute Gasteiger partial charge is 0.253 e. The molecule has 0 radical (unpaired) electrons. The van der Waals surface area contributed by atoms with Crippen LogP contribution in [0, 0.1) is 13.8 Å². The largest absolute Gasteiger partial charge is 0.389 e. The summed E-state index contributed by atoms with van der Waals surface area (Å²) in [6.07, 6.45) is 0. The van der Waals surface area contributed by atoms with Crippen molar-refractivity contribution in [2.24, 2.45) is 5.73 Å². The highest BCUT2D eigenvalue weighted by Crippen LogP contribution is 2.08. The van der Waals surface area contributed by atoms with Crippen molar-refractivity contribution in [3.05, 3.63) is 58.4 Å². The molecular formula is C15H16N4OS. The minimum atomic E-state index is -0.175. The van der Waals surface area contributed by atoms with Crippen molar-refractivity contribution in [1.29, 1.82) is 0 Å². The van der Waals surface area contributed by atoms with Gasteiger partial charge in [0.05, 0.1) is 17.0 Å². The summed E-state index contributed by atoms with van der Waals surface area (Å²) in [6.45, 7) is 3.96. The molecule has 1 heterocycles. The van der Waals surface area contributed by atoms with Gasteiger partial charge in [-0.25, -0.2) is 0 Å². The van der Waals surface area contributed by atoms with Crippen molar-refractivity contribution in [3.8, 4) is 0 Å². The molecule has 6 heteroatoms. The maximum atomic E-state index is 12.2. The Morgan fingerprint density at radius 3 is 2.76 bits per heavy atom. The SMILES string of the molecule is Cc1cc(C(=O)NCc2cccc(C(N)=S)c2)c(C)nn1. The van der Waals surface area contributed by atoms with Crippen LogP contribution in [0.1, 0.15) is 32.9 Å². The van der Waals surface area contributed by atoms with E-state index >= 15 is 0 Å². The summed E-state index contributed by atoms with van der Waals surface area (Å²) in [4.78, 5) is 12.5. The monoisotopic (exact) mass is 300 g/mol. The highest BCUT2D eigenvalue weighted by Gasteiger charge is 2.10. The molecule has 1 aromatic heterocycles. The first-order chi connectivity index (χ1) is 9.97. The van der Waals surface area contributed by atoms with Crippen molar-refractivity contribution < 1.29 is 4.79 Å². The lowest BCUT2D eigenvalue weighted by Crippen LogP contribution is -2.24. The summed E-state index contributed by atoms with van der Waals surface area (Å²) in [5, 5.41) is 10.7. The molecule has 0 saturated heterocycles. The third-order valence-electron chi connectivity index (χ3n) is 3.01. The molecular weight excluding hydrogens is 284 g/mol. The number of aryl methyl sites for hydroxylation is 2. The van der Waals surface area contributed by atoms with Gasteiger partial charge in [0.2, 0.25) is 0 Å². The zero-order chi connectivity index (χ0) is 15.4. The number of aromatic nitrogens is 2. The fraction of sp³-hybridized carbons (Fsp3) is 0.200. The van der Waals surface area contributed by atoms with Gasteiger partial charge in [-0.15, -0.1) is 0 Å². The summed E-state index contributed by atoms with van der Waals surface area (Å²) in [5.74, 6) is -0.175. The van der Waals surface area contributed by atoms with Crippen LogP contribution in [0.3, 0.4) is 0 Å². The summed E-state index contributed by atoms with van der Waals surface area (Å²) >= 11 is 4.94. The number of amides is 1. The molecule has 5 nitrogen and oxygen atoms in total. The number of hydrogen-bond acceptors (Lipinski definition) is 4. The summed E-state index contributed by atoms with van der Waals surface area (Å²) in [7, 11) is 0. The maximum absolute atomic E-state index is 12.2. The van der Waals surface area contributed by atoms with Gasteiger partial charge in [-0.2, -0.15) is 10.2 Å². The van der Waals surface area contributed by atoms with Gasteiger partial charge in [0.25, 0.3) is 5.91 Å². The average molecular weight is 300 g/mol. The summed E-state index contributed by atoms with van der Waals surface area (Å²) in [6, 6.07) is 9.20. The van der Waals surface area contributed by atoms with Crippen molar-refractivity contribution >= 4 is 23.1 Å². The van der Waals surface area contributed by atoms with Crippen molar-refractivity contribution in [2.75, 3.05) is 0 Å². The molecule has 2 rings (SSSR count). The van der Waals surface area contributed by atoms with Crippen molar-refractivity contribution in [3.63, 3.8) is 0 Å². The van der Waals surface area contributed by atoms with Gasteiger partial charge in [-0.1, -0.05) is 30.4 Å². The first kappa shape index (κ1) is 15.1. The molecule has 0 unspecified atom stereocenters. The first-order valence-electron chi connectivity index (χ1n) is 6.45. The van der Waals surface area contributed by atoms with E-state index < -0.39 is 0 Å². The van der Waals surface area contributed by atoms with Crippen LogP contribution in [0.15, 0.2) is 30.3 Å². The van der Waals surface area contributed by atoms with Gasteiger partial charge in [-0.05, 0) is 31.5 Å². The Balaban J connectivity index is 2.09. The molecule has 21 heavy (non-hydrogen) atoms. The van der Waals surface area contributed by atoms with E-state index in [0.29, 0.717) is 28.5 Å². The Labute approximate surface area is 128 Å². The number of rotatable bonds is 4. The summed E-state index contributed by atoms with van der Waals surface area (Å²) < 4.78 is 0. The molecule has 1 amide bonds. The highest BCUT2D eigenvalue weighted by molar-refractivity contribution is 7.80. The van der Waals surface area contributed by atoms with Crippen LogP contribution in [0.4, 0.5) is 0 Å². The molecule has 0 aliphatic heterocycles. The molecule has 0 aliphatic carbocycles. The molecule has 1 aromatic carbocycles. The zero-order valence-corrected chi connectivity index (χ0v) is 12.7. The number of carbonyl (C=O) groups excluding carboxylic acids is 1. The quantitative estimate of drug-likeness (QED) is 0.839. The van der Waals surface area contributed by atoms with E-state index in [9.17, 15) is 4.79 Å². The van der Waals surface area contributed by atoms with E-state index in [2.05, 4.69) is 15.5 Å². The van der Waals surface area contributed by atoms with E-state index in [-0.39, 0.29) is 5.91 Å². The number of nitrogens with one attached hydrogen (secondary N) is 1. The van der Waals surface area contributed by atoms with Crippen LogP contribution in [0.5, 0.6) is 0 Å². The Hall–Kier alpha value is -2.34. The maximum Gasteiger partial charge on any atom is 0.253 e. The van der Waals surface area contributed by atoms with Gasteiger partial charge in [-0.3, -0.25) is 4.79 Å². The second kappa shape index (κ2) is 6.41. The summed E-state index contributed by atoms with van der Waals surface area (Å²) in [5.41, 5.74) is 9.17. The Morgan fingerprint density at radius 1 is 1.29 bits per heavy atom. The molecule has 0 bridgehead atoms. The molecule has 0 atom stereocenters. The van der Waals surface area contributed by atoms with E-state index in [4.69, 9.17) is 18.0 Å². The van der Waals surface area contributed by atoms with Gasteiger partial charge in [0.1, 0.15) is 4.99 Å². The average Bonchev–Trinajstić information content (AvgIpc) is 2.47. The van der Waals surface area contributed by atoms with E-state index in [0.717, 1.165) is 11.1 Å². The van der Waals surface area contributed by atoms with Crippen LogP contribution in [-0.4, -0.2) is 21.1 Å². The number of nitrogens with zero attached hydrogens (tertiary/aromatic N) is 2. The molecule has 0 saturated carbocycles. The normalized spacial score (nSPS) is 10.2. The van der Waals surface area contributed by atoms with Gasteiger partial charge in [0, 0.05) is 12.1 Å². The third-order valence-corrected chi connectivity index (χ3v) is 3.25. The van der Waals surface area contributed by atoms with Crippen LogP contribution < -0.4 is 11.1 Å². The van der Waals surface area contributed by atoms with E-state index in [1.165, 1.54) is 0 Å². The second-order valence-corrected chi connectivity index (χ2v) is 5.17. The Kier molecular flexibility index (Phi) is 4.59. The standard InChI is InChI=1S/C15H16N4OS/c1-9-6-13(10(2)19-18-9)15(20)17-8-11-4-3-5-12(7-11)14(16)21/h3-7H,8H2,1-2H3,(H2,16,21)(H,17,20). The number of benzene rings is 1. The number of carbonyl (C=O) groups is 1. The Bertz CT molecular complexity index is 700. The van der Waals surface area contributed by atoms with Crippen molar-refractivity contribution in [1.82, 2.24) is 15.5 Å². The van der Waals surface area contributed by atoms with E-state index in [1.807, 2.05) is 24.3 Å². The van der Waals surface area contributed by atoms with Crippen LogP contribution in [-0.2, 0) is 6.54 Å². The lowest BCUT2D eigenvalue weighted by Gasteiger charge is -2.08. The predicted molar refractivity (Wildman–Crippen MR) is 85.0 cm³/mol. The van der Waals surface area contributed by atoms with Gasteiger partial charge < -0.3 is 11.1 Å². The molecule has 0 aliphatic rings. The number of nitrogens with two attached hydrogens (primary N) is 1. The van der Waals surface area contributed by atoms with Crippen LogP contribution in [0.2, 0.25) is 0 Å². The fourth-order valence-electron chi connectivity index (χ4n) is 1.89.